The monoisotopic (exact) mass is 429 g/mol. The second kappa shape index (κ2) is 8.39. The van der Waals surface area contributed by atoms with E-state index >= 15 is 0 Å². The molecule has 0 radical (unpaired) electrons. The molecule has 5 heteroatoms. The van der Waals surface area contributed by atoms with Gasteiger partial charge in [0.25, 0.3) is 0 Å². The molecular formula is C25H29ClFNO2. The molecule has 4 aliphatic carbocycles. The van der Waals surface area contributed by atoms with Crippen LogP contribution in [0.15, 0.2) is 36.4 Å². The minimum atomic E-state index is -0.356. The third-order valence-electron chi connectivity index (χ3n) is 7.46. The fraction of sp³-hybridized carbons (Fsp3) is 0.520. The molecule has 0 aliphatic heterocycles. The third-order valence-corrected chi connectivity index (χ3v) is 7.81. The van der Waals surface area contributed by atoms with E-state index in [0.717, 1.165) is 35.8 Å². The van der Waals surface area contributed by atoms with Crippen LogP contribution in [0.4, 0.5) is 4.39 Å². The molecule has 0 amide bonds. The van der Waals surface area contributed by atoms with Crippen LogP contribution in [-0.2, 0) is 13.2 Å². The number of para-hydroxylation sites is 1. The molecule has 0 heterocycles. The number of benzene rings is 2. The van der Waals surface area contributed by atoms with E-state index in [1.165, 1.54) is 38.2 Å². The number of nitrogens with one attached hydrogen (secondary N) is 1. The van der Waals surface area contributed by atoms with Gasteiger partial charge in [-0.1, -0.05) is 29.8 Å². The first-order valence-corrected chi connectivity index (χ1v) is 11.4. The lowest BCUT2D eigenvalue weighted by atomic mass is 9.54. The van der Waals surface area contributed by atoms with Crippen molar-refractivity contribution in [1.82, 2.24) is 5.32 Å². The summed E-state index contributed by atoms with van der Waals surface area (Å²) in [4.78, 5) is 0. The van der Waals surface area contributed by atoms with Crippen molar-refractivity contribution in [2.45, 2.75) is 51.3 Å². The lowest BCUT2D eigenvalue weighted by Crippen LogP contribution is -2.54. The predicted octanol–water partition coefficient (Wildman–Crippen LogP) is 5.98. The van der Waals surface area contributed by atoms with Crippen LogP contribution in [0.1, 0.15) is 43.2 Å². The summed E-state index contributed by atoms with van der Waals surface area (Å²) in [5, 5.41) is 4.23. The zero-order chi connectivity index (χ0) is 20.7. The molecule has 4 aliphatic rings. The Bertz CT molecular complexity index is 870. The highest BCUT2D eigenvalue weighted by molar-refractivity contribution is 6.31. The van der Waals surface area contributed by atoms with E-state index in [1.54, 1.807) is 19.2 Å². The van der Waals surface area contributed by atoms with Gasteiger partial charge in [0.2, 0.25) is 0 Å². The number of methoxy groups -OCH3 is 1. The van der Waals surface area contributed by atoms with Crippen LogP contribution in [0.5, 0.6) is 11.5 Å². The minimum absolute atomic E-state index is 0.0664. The Morgan fingerprint density at radius 2 is 1.70 bits per heavy atom. The molecule has 30 heavy (non-hydrogen) atoms. The smallest absolute Gasteiger partial charge is 0.166 e. The number of halogens is 2. The Labute approximate surface area is 182 Å². The highest BCUT2D eigenvalue weighted by atomic mass is 35.5. The molecule has 0 saturated heterocycles. The van der Waals surface area contributed by atoms with Crippen molar-refractivity contribution in [2.75, 3.05) is 7.11 Å². The van der Waals surface area contributed by atoms with Crippen molar-refractivity contribution >= 4 is 11.6 Å². The molecule has 160 valence electrons. The first-order valence-electron chi connectivity index (χ1n) is 11.1. The van der Waals surface area contributed by atoms with Crippen LogP contribution in [0.25, 0.3) is 0 Å². The molecule has 0 spiro atoms. The lowest BCUT2D eigenvalue weighted by molar-refractivity contribution is -0.0143. The summed E-state index contributed by atoms with van der Waals surface area (Å²) in [7, 11) is 1.63. The molecule has 0 aromatic heterocycles. The molecule has 0 unspecified atom stereocenters. The second-order valence-corrected chi connectivity index (χ2v) is 9.68. The molecular weight excluding hydrogens is 401 g/mol. The molecule has 1 N–H and O–H groups in total. The van der Waals surface area contributed by atoms with E-state index in [-0.39, 0.29) is 12.4 Å². The zero-order valence-electron chi connectivity index (χ0n) is 17.4. The Hall–Kier alpha value is -1.78. The molecule has 2 aromatic carbocycles. The molecule has 4 fully saturated rings. The van der Waals surface area contributed by atoms with Crippen LogP contribution in [0.3, 0.4) is 0 Å². The van der Waals surface area contributed by atoms with E-state index in [4.69, 9.17) is 21.1 Å². The van der Waals surface area contributed by atoms with Gasteiger partial charge >= 0.3 is 0 Å². The maximum Gasteiger partial charge on any atom is 0.166 e. The first kappa shape index (κ1) is 20.1. The molecule has 3 nitrogen and oxygen atoms in total. The summed E-state index contributed by atoms with van der Waals surface area (Å²) < 4.78 is 25.8. The van der Waals surface area contributed by atoms with Crippen molar-refractivity contribution in [3.63, 3.8) is 0 Å². The number of rotatable bonds is 7. The van der Waals surface area contributed by atoms with Crippen LogP contribution in [0.2, 0.25) is 5.02 Å². The maximum atomic E-state index is 14.2. The Morgan fingerprint density at radius 1 is 1.00 bits per heavy atom. The Kier molecular flexibility index (Phi) is 5.63. The largest absolute Gasteiger partial charge is 0.493 e. The standard InChI is InChI=1S/C25H29ClFNO2/c1-29-23-7-2-4-17(25(23)30-14-20-21(26)5-3-6-22(20)27)13-28-24-18-9-15-8-16(11-18)12-19(24)10-15/h2-7,15-16,18-19,24,28H,8-14H2,1H3. The van der Waals surface area contributed by atoms with Gasteiger partial charge in [0.05, 0.1) is 12.1 Å². The Balaban J connectivity index is 1.32. The molecule has 4 saturated carbocycles. The second-order valence-electron chi connectivity index (χ2n) is 9.27. The van der Waals surface area contributed by atoms with Gasteiger partial charge in [0.15, 0.2) is 11.5 Å². The van der Waals surface area contributed by atoms with Gasteiger partial charge in [-0.05, 0) is 74.0 Å². The lowest BCUT2D eigenvalue weighted by Gasteiger charge is -2.54. The number of hydrogen-bond donors (Lipinski definition) is 1. The van der Waals surface area contributed by atoms with Crippen molar-refractivity contribution in [2.24, 2.45) is 23.7 Å². The van der Waals surface area contributed by atoms with E-state index in [2.05, 4.69) is 11.4 Å². The molecule has 6 rings (SSSR count). The molecule has 4 bridgehead atoms. The van der Waals surface area contributed by atoms with Gasteiger partial charge in [0.1, 0.15) is 12.4 Å². The van der Waals surface area contributed by atoms with E-state index in [9.17, 15) is 4.39 Å². The van der Waals surface area contributed by atoms with Crippen molar-refractivity contribution in [3.05, 3.63) is 58.4 Å². The fourth-order valence-corrected chi connectivity index (χ4v) is 6.54. The van der Waals surface area contributed by atoms with Crippen molar-refractivity contribution < 1.29 is 13.9 Å². The fourth-order valence-electron chi connectivity index (χ4n) is 6.33. The van der Waals surface area contributed by atoms with E-state index < -0.39 is 0 Å². The summed E-state index contributed by atoms with van der Waals surface area (Å²) >= 11 is 6.18. The summed E-state index contributed by atoms with van der Waals surface area (Å²) in [5.74, 6) is 4.52. The van der Waals surface area contributed by atoms with Crippen molar-refractivity contribution in [3.8, 4) is 11.5 Å². The topological polar surface area (TPSA) is 30.5 Å². The first-order chi connectivity index (χ1) is 14.6. The normalized spacial score (nSPS) is 29.2. The van der Waals surface area contributed by atoms with Gasteiger partial charge in [-0.25, -0.2) is 4.39 Å². The Morgan fingerprint density at radius 3 is 2.37 bits per heavy atom. The average Bonchev–Trinajstić information content (AvgIpc) is 2.73. The summed E-state index contributed by atoms with van der Waals surface area (Å²) in [6.07, 6.45) is 7.01. The zero-order valence-corrected chi connectivity index (χ0v) is 18.1. The molecule has 0 atom stereocenters. The van der Waals surface area contributed by atoms with E-state index in [1.807, 2.05) is 12.1 Å². The summed E-state index contributed by atoms with van der Waals surface area (Å²) in [6, 6.07) is 11.2. The summed E-state index contributed by atoms with van der Waals surface area (Å²) in [6.45, 7) is 0.793. The highest BCUT2D eigenvalue weighted by Gasteiger charge is 2.47. The van der Waals surface area contributed by atoms with Crippen LogP contribution in [0, 0.1) is 29.5 Å². The van der Waals surface area contributed by atoms with Crippen LogP contribution >= 0.6 is 11.6 Å². The van der Waals surface area contributed by atoms with Crippen LogP contribution < -0.4 is 14.8 Å². The SMILES string of the molecule is COc1cccc(CNC2C3CC4CC(C3)CC2C4)c1OCc1c(F)cccc1Cl. The third kappa shape index (κ3) is 3.80. The predicted molar refractivity (Wildman–Crippen MR) is 116 cm³/mol. The molecule has 2 aromatic rings. The highest BCUT2D eigenvalue weighted by Crippen LogP contribution is 2.53. The van der Waals surface area contributed by atoms with E-state index in [0.29, 0.717) is 28.1 Å². The minimum Gasteiger partial charge on any atom is -0.493 e. The summed E-state index contributed by atoms with van der Waals surface area (Å²) in [5.41, 5.74) is 1.40. The van der Waals surface area contributed by atoms with Gasteiger partial charge in [-0.2, -0.15) is 0 Å². The average molecular weight is 430 g/mol. The van der Waals surface area contributed by atoms with Crippen molar-refractivity contribution in [1.29, 1.82) is 0 Å². The van der Waals surface area contributed by atoms with Gasteiger partial charge in [-0.3, -0.25) is 0 Å². The van der Waals surface area contributed by atoms with Gasteiger partial charge in [-0.15, -0.1) is 0 Å². The van der Waals surface area contributed by atoms with Gasteiger partial charge in [0, 0.05) is 23.7 Å². The van der Waals surface area contributed by atoms with Gasteiger partial charge < -0.3 is 14.8 Å². The maximum absolute atomic E-state index is 14.2. The number of hydrogen-bond acceptors (Lipinski definition) is 3. The van der Waals surface area contributed by atoms with Crippen LogP contribution in [-0.4, -0.2) is 13.2 Å². The quantitative estimate of drug-likeness (QED) is 0.587. The number of ether oxygens (including phenoxy) is 2.